The quantitative estimate of drug-likeness (QED) is 0.514. The van der Waals surface area contributed by atoms with Gasteiger partial charge in [0.25, 0.3) is 0 Å². The Balaban J connectivity index is 2.47. The molecule has 0 saturated heterocycles. The number of aliphatic hydroxyl groups is 1. The molecule has 0 saturated carbocycles. The Labute approximate surface area is 65.3 Å². The SMILES string of the molecule is NC1=CCN(C(=O)CO)CC1. The number of rotatable bonds is 1. The monoisotopic (exact) mass is 156 g/mol. The van der Waals surface area contributed by atoms with Crippen LogP contribution in [0.4, 0.5) is 0 Å². The van der Waals surface area contributed by atoms with Gasteiger partial charge in [-0.1, -0.05) is 0 Å². The van der Waals surface area contributed by atoms with Gasteiger partial charge in [0.1, 0.15) is 6.61 Å². The number of nitrogens with two attached hydrogens (primary N) is 1. The summed E-state index contributed by atoms with van der Waals surface area (Å²) >= 11 is 0. The summed E-state index contributed by atoms with van der Waals surface area (Å²) in [5.74, 6) is -0.228. The van der Waals surface area contributed by atoms with Crippen LogP contribution in [0, 0.1) is 0 Å². The largest absolute Gasteiger partial charge is 0.402 e. The van der Waals surface area contributed by atoms with Crippen LogP contribution in [0.25, 0.3) is 0 Å². The molecule has 0 fully saturated rings. The summed E-state index contributed by atoms with van der Waals surface area (Å²) in [5, 5.41) is 8.51. The van der Waals surface area contributed by atoms with Gasteiger partial charge in [-0.2, -0.15) is 0 Å². The van der Waals surface area contributed by atoms with Gasteiger partial charge in [0.15, 0.2) is 0 Å². The van der Waals surface area contributed by atoms with Gasteiger partial charge in [-0.15, -0.1) is 0 Å². The highest BCUT2D eigenvalue weighted by molar-refractivity contribution is 5.77. The second-order valence-corrected chi connectivity index (χ2v) is 2.53. The zero-order chi connectivity index (χ0) is 8.27. The highest BCUT2D eigenvalue weighted by atomic mass is 16.3. The third kappa shape index (κ3) is 1.94. The Kier molecular flexibility index (Phi) is 2.48. The van der Waals surface area contributed by atoms with Crippen molar-refractivity contribution in [2.45, 2.75) is 6.42 Å². The molecule has 0 spiro atoms. The molecule has 3 N–H and O–H groups in total. The van der Waals surface area contributed by atoms with Crippen molar-refractivity contribution in [1.82, 2.24) is 4.90 Å². The molecule has 0 aromatic rings. The van der Waals surface area contributed by atoms with Crippen molar-refractivity contribution in [1.29, 1.82) is 0 Å². The van der Waals surface area contributed by atoms with Crippen LogP contribution in [0.5, 0.6) is 0 Å². The molecule has 0 aromatic carbocycles. The molecule has 1 rings (SSSR count). The molecule has 0 radical (unpaired) electrons. The highest BCUT2D eigenvalue weighted by Gasteiger charge is 2.14. The van der Waals surface area contributed by atoms with Gasteiger partial charge in [-0.05, 0) is 6.08 Å². The number of hydrogen-bond acceptors (Lipinski definition) is 3. The van der Waals surface area contributed by atoms with Gasteiger partial charge in [0.05, 0.1) is 0 Å². The van der Waals surface area contributed by atoms with E-state index in [0.717, 1.165) is 5.70 Å². The molecule has 0 unspecified atom stereocenters. The molecule has 11 heavy (non-hydrogen) atoms. The van der Waals surface area contributed by atoms with E-state index in [1.165, 1.54) is 0 Å². The number of nitrogens with zero attached hydrogens (tertiary/aromatic N) is 1. The van der Waals surface area contributed by atoms with Gasteiger partial charge in [0, 0.05) is 25.2 Å². The van der Waals surface area contributed by atoms with Crippen molar-refractivity contribution < 1.29 is 9.90 Å². The number of carbonyl (C=O) groups is 1. The zero-order valence-corrected chi connectivity index (χ0v) is 6.29. The molecule has 0 atom stereocenters. The van der Waals surface area contributed by atoms with E-state index in [1.54, 1.807) is 11.0 Å². The number of hydrogen-bond donors (Lipinski definition) is 2. The smallest absolute Gasteiger partial charge is 0.248 e. The fourth-order valence-electron chi connectivity index (χ4n) is 1.01. The van der Waals surface area contributed by atoms with Gasteiger partial charge in [-0.25, -0.2) is 0 Å². The number of amides is 1. The molecule has 1 aliphatic rings. The standard InChI is InChI=1S/C7H12N2O2/c8-6-1-3-9(4-2-6)7(11)5-10/h1,10H,2-5,8H2. The van der Waals surface area contributed by atoms with Crippen molar-refractivity contribution in [2.75, 3.05) is 19.7 Å². The minimum absolute atomic E-state index is 0.228. The summed E-state index contributed by atoms with van der Waals surface area (Å²) < 4.78 is 0. The Bertz CT molecular complexity index is 189. The van der Waals surface area contributed by atoms with Gasteiger partial charge < -0.3 is 15.7 Å². The van der Waals surface area contributed by atoms with E-state index in [4.69, 9.17) is 10.8 Å². The fraction of sp³-hybridized carbons (Fsp3) is 0.571. The summed E-state index contributed by atoms with van der Waals surface area (Å²) in [4.78, 5) is 12.5. The number of aliphatic hydroxyl groups excluding tert-OH is 1. The van der Waals surface area contributed by atoms with Crippen LogP contribution in [-0.2, 0) is 4.79 Å². The molecule has 0 bridgehead atoms. The van der Waals surface area contributed by atoms with Crippen LogP contribution < -0.4 is 5.73 Å². The Morgan fingerprint density at radius 3 is 3.00 bits per heavy atom. The van der Waals surface area contributed by atoms with Crippen LogP contribution in [-0.4, -0.2) is 35.6 Å². The second-order valence-electron chi connectivity index (χ2n) is 2.53. The van der Waals surface area contributed by atoms with Gasteiger partial charge in [0.2, 0.25) is 5.91 Å². The Morgan fingerprint density at radius 2 is 2.55 bits per heavy atom. The molecule has 0 aromatic heterocycles. The highest BCUT2D eigenvalue weighted by Crippen LogP contribution is 2.04. The lowest BCUT2D eigenvalue weighted by Crippen LogP contribution is -2.37. The minimum atomic E-state index is -0.409. The predicted molar refractivity (Wildman–Crippen MR) is 40.6 cm³/mol. The lowest BCUT2D eigenvalue weighted by atomic mass is 10.2. The molecule has 1 heterocycles. The molecule has 1 aliphatic heterocycles. The third-order valence-corrected chi connectivity index (χ3v) is 1.73. The van der Waals surface area contributed by atoms with Crippen LogP contribution in [0.1, 0.15) is 6.42 Å². The summed E-state index contributed by atoms with van der Waals surface area (Å²) in [6.45, 7) is 0.751. The van der Waals surface area contributed by atoms with E-state index >= 15 is 0 Å². The molecule has 4 heteroatoms. The van der Waals surface area contributed by atoms with Crippen LogP contribution in [0.15, 0.2) is 11.8 Å². The molecule has 1 amide bonds. The van der Waals surface area contributed by atoms with Crippen molar-refractivity contribution in [2.24, 2.45) is 5.73 Å². The van der Waals surface area contributed by atoms with Crippen molar-refractivity contribution in [3.05, 3.63) is 11.8 Å². The van der Waals surface area contributed by atoms with Gasteiger partial charge in [-0.3, -0.25) is 4.79 Å². The minimum Gasteiger partial charge on any atom is -0.402 e. The van der Waals surface area contributed by atoms with E-state index in [2.05, 4.69) is 0 Å². The van der Waals surface area contributed by atoms with E-state index < -0.39 is 6.61 Å². The molecule has 62 valence electrons. The summed E-state index contributed by atoms with van der Waals surface area (Å²) in [5.41, 5.74) is 6.33. The maximum absolute atomic E-state index is 10.9. The summed E-state index contributed by atoms with van der Waals surface area (Å²) in [6, 6.07) is 0. The van der Waals surface area contributed by atoms with Gasteiger partial charge >= 0.3 is 0 Å². The first kappa shape index (κ1) is 8.07. The zero-order valence-electron chi connectivity index (χ0n) is 6.29. The van der Waals surface area contributed by atoms with Crippen molar-refractivity contribution >= 4 is 5.91 Å². The molecule has 0 aliphatic carbocycles. The van der Waals surface area contributed by atoms with E-state index in [1.807, 2.05) is 0 Å². The van der Waals surface area contributed by atoms with Crippen molar-refractivity contribution in [3.63, 3.8) is 0 Å². The average molecular weight is 156 g/mol. The lowest BCUT2D eigenvalue weighted by molar-refractivity contribution is -0.133. The van der Waals surface area contributed by atoms with Crippen molar-refractivity contribution in [3.8, 4) is 0 Å². The maximum Gasteiger partial charge on any atom is 0.248 e. The normalized spacial score (nSPS) is 17.9. The summed E-state index contributed by atoms with van der Waals surface area (Å²) in [6.07, 6.45) is 2.52. The first-order chi connectivity index (χ1) is 5.24. The van der Waals surface area contributed by atoms with E-state index in [-0.39, 0.29) is 5.91 Å². The Hall–Kier alpha value is -1.03. The fourth-order valence-corrected chi connectivity index (χ4v) is 1.01. The first-order valence-electron chi connectivity index (χ1n) is 3.57. The van der Waals surface area contributed by atoms with E-state index in [0.29, 0.717) is 19.5 Å². The average Bonchev–Trinajstić information content (AvgIpc) is 2.05. The Morgan fingerprint density at radius 1 is 1.82 bits per heavy atom. The molecular formula is C7H12N2O2. The van der Waals surface area contributed by atoms with Crippen LogP contribution in [0.2, 0.25) is 0 Å². The molecular weight excluding hydrogens is 144 g/mol. The predicted octanol–water partition coefficient (Wildman–Crippen LogP) is -0.946. The van der Waals surface area contributed by atoms with Crippen LogP contribution >= 0.6 is 0 Å². The van der Waals surface area contributed by atoms with E-state index in [9.17, 15) is 4.79 Å². The van der Waals surface area contributed by atoms with Crippen LogP contribution in [0.3, 0.4) is 0 Å². The maximum atomic E-state index is 10.9. The topological polar surface area (TPSA) is 66.6 Å². The first-order valence-corrected chi connectivity index (χ1v) is 3.57. The second kappa shape index (κ2) is 3.39. The summed E-state index contributed by atoms with van der Waals surface area (Å²) in [7, 11) is 0. The lowest BCUT2D eigenvalue weighted by Gasteiger charge is -2.24. The molecule has 4 nitrogen and oxygen atoms in total. The third-order valence-electron chi connectivity index (χ3n) is 1.73. The number of carbonyl (C=O) groups excluding carboxylic acids is 1.